The zero-order valence-corrected chi connectivity index (χ0v) is 14.8. The number of fused-ring (bicyclic) bond motifs is 1. The second-order valence-corrected chi connectivity index (χ2v) is 7.28. The molecule has 1 aromatic carbocycles. The monoisotopic (exact) mass is 358 g/mol. The van der Waals surface area contributed by atoms with E-state index in [2.05, 4.69) is 27.8 Å². The van der Waals surface area contributed by atoms with Crippen molar-refractivity contribution in [3.63, 3.8) is 0 Å². The molecular weight excluding hydrogens is 336 g/mol. The summed E-state index contributed by atoms with van der Waals surface area (Å²) in [6, 6.07) is 10.2. The maximum atomic E-state index is 13.0. The van der Waals surface area contributed by atoms with Gasteiger partial charge < -0.3 is 15.4 Å². The highest BCUT2D eigenvalue weighted by molar-refractivity contribution is 7.99. The lowest BCUT2D eigenvalue weighted by atomic mass is 10.1. The van der Waals surface area contributed by atoms with Crippen molar-refractivity contribution in [3.8, 4) is 5.88 Å². The Kier molecular flexibility index (Phi) is 5.05. The molecule has 2 aliphatic heterocycles. The van der Waals surface area contributed by atoms with Gasteiger partial charge in [0.2, 0.25) is 5.88 Å². The molecule has 0 saturated carbocycles. The lowest BCUT2D eigenvalue weighted by Crippen LogP contribution is -2.45. The highest BCUT2D eigenvalue weighted by Crippen LogP contribution is 2.28. The Labute approximate surface area is 151 Å². The molecule has 1 fully saturated rings. The van der Waals surface area contributed by atoms with Crippen molar-refractivity contribution in [2.75, 3.05) is 32.0 Å². The first kappa shape index (κ1) is 16.6. The summed E-state index contributed by atoms with van der Waals surface area (Å²) in [4.78, 5) is 17.6. The van der Waals surface area contributed by atoms with Crippen LogP contribution in [0.4, 0.5) is 0 Å². The van der Waals surface area contributed by atoms with Gasteiger partial charge in [-0.25, -0.2) is 0 Å². The number of rotatable bonds is 5. The Balaban J connectivity index is 1.59. The second-order valence-electron chi connectivity index (χ2n) is 6.21. The number of hydrogen-bond acceptors (Lipinski definition) is 6. The molecule has 0 bridgehead atoms. The molecular formula is C18H22N4O2S. The lowest BCUT2D eigenvalue weighted by Gasteiger charge is -2.26. The SMILES string of the molecule is O=c1c(C2CNCCN2)c(OCCc2ccccc2)nc2n1CCS2. The van der Waals surface area contributed by atoms with Crippen LogP contribution in [-0.2, 0) is 13.0 Å². The molecule has 0 spiro atoms. The quantitative estimate of drug-likeness (QED) is 0.783. The van der Waals surface area contributed by atoms with E-state index in [0.717, 1.165) is 43.5 Å². The van der Waals surface area contributed by atoms with Crippen molar-refractivity contribution in [1.82, 2.24) is 20.2 Å². The molecule has 2 N–H and O–H groups in total. The van der Waals surface area contributed by atoms with Gasteiger partial charge in [-0.3, -0.25) is 9.36 Å². The van der Waals surface area contributed by atoms with Crippen molar-refractivity contribution >= 4 is 11.8 Å². The summed E-state index contributed by atoms with van der Waals surface area (Å²) >= 11 is 1.62. The predicted octanol–water partition coefficient (Wildman–Crippen LogP) is 1.20. The first-order valence-electron chi connectivity index (χ1n) is 8.71. The number of piperazine rings is 1. The van der Waals surface area contributed by atoms with E-state index in [1.165, 1.54) is 5.56 Å². The maximum absolute atomic E-state index is 13.0. The van der Waals surface area contributed by atoms with Gasteiger partial charge in [0.1, 0.15) is 0 Å². The first-order chi connectivity index (χ1) is 12.3. The molecule has 4 rings (SSSR count). The molecule has 2 aromatic rings. The maximum Gasteiger partial charge on any atom is 0.262 e. The van der Waals surface area contributed by atoms with E-state index < -0.39 is 0 Å². The number of benzene rings is 1. The minimum atomic E-state index is -0.0520. The molecule has 25 heavy (non-hydrogen) atoms. The molecule has 1 atom stereocenters. The van der Waals surface area contributed by atoms with E-state index in [1.54, 1.807) is 16.3 Å². The van der Waals surface area contributed by atoms with E-state index in [9.17, 15) is 4.79 Å². The smallest absolute Gasteiger partial charge is 0.262 e. The minimum Gasteiger partial charge on any atom is -0.477 e. The van der Waals surface area contributed by atoms with Crippen LogP contribution in [0, 0.1) is 0 Å². The summed E-state index contributed by atoms with van der Waals surface area (Å²) in [6.07, 6.45) is 0.796. The van der Waals surface area contributed by atoms with Gasteiger partial charge >= 0.3 is 0 Å². The van der Waals surface area contributed by atoms with Crippen molar-refractivity contribution in [2.45, 2.75) is 24.2 Å². The molecule has 1 aromatic heterocycles. The topological polar surface area (TPSA) is 68.2 Å². The number of thioether (sulfide) groups is 1. The highest BCUT2D eigenvalue weighted by Gasteiger charge is 2.28. The van der Waals surface area contributed by atoms with Gasteiger partial charge in [0, 0.05) is 38.4 Å². The van der Waals surface area contributed by atoms with Gasteiger partial charge in [0.05, 0.1) is 18.2 Å². The highest BCUT2D eigenvalue weighted by atomic mass is 32.2. The Morgan fingerprint density at radius 2 is 2.16 bits per heavy atom. The van der Waals surface area contributed by atoms with Crippen molar-refractivity contribution < 1.29 is 4.74 Å². The molecule has 0 aliphatic carbocycles. The molecule has 1 unspecified atom stereocenters. The van der Waals surface area contributed by atoms with E-state index in [-0.39, 0.29) is 11.6 Å². The summed E-state index contributed by atoms with van der Waals surface area (Å²) in [5.74, 6) is 1.38. The van der Waals surface area contributed by atoms with Crippen LogP contribution in [0.2, 0.25) is 0 Å². The van der Waals surface area contributed by atoms with E-state index in [4.69, 9.17) is 4.74 Å². The standard InChI is InChI=1S/C18H22N4O2S/c23-17-15(14-12-19-7-8-20-14)16(21-18-22(17)9-11-25-18)24-10-6-13-4-2-1-3-5-13/h1-5,14,19-20H,6-12H2. The van der Waals surface area contributed by atoms with Crippen molar-refractivity contribution in [2.24, 2.45) is 0 Å². The average Bonchev–Trinajstić information content (AvgIpc) is 3.12. The molecule has 1 saturated heterocycles. The normalized spacial score (nSPS) is 19.6. The molecule has 6 nitrogen and oxygen atoms in total. The van der Waals surface area contributed by atoms with Crippen LogP contribution in [0.3, 0.4) is 0 Å². The molecule has 7 heteroatoms. The van der Waals surface area contributed by atoms with Crippen molar-refractivity contribution in [3.05, 3.63) is 51.8 Å². The van der Waals surface area contributed by atoms with Crippen LogP contribution < -0.4 is 20.9 Å². The summed E-state index contributed by atoms with van der Waals surface area (Å²) < 4.78 is 7.77. The molecule has 0 amide bonds. The van der Waals surface area contributed by atoms with Crippen LogP contribution in [-0.4, -0.2) is 41.5 Å². The number of ether oxygens (including phenoxy) is 1. The van der Waals surface area contributed by atoms with E-state index in [0.29, 0.717) is 18.1 Å². The number of hydrogen-bond donors (Lipinski definition) is 2. The molecule has 3 heterocycles. The average molecular weight is 358 g/mol. The van der Waals surface area contributed by atoms with Crippen LogP contribution in [0.15, 0.2) is 40.3 Å². The summed E-state index contributed by atoms with van der Waals surface area (Å²) in [7, 11) is 0. The van der Waals surface area contributed by atoms with Gasteiger partial charge in [-0.05, 0) is 5.56 Å². The largest absolute Gasteiger partial charge is 0.477 e. The summed E-state index contributed by atoms with van der Waals surface area (Å²) in [5.41, 5.74) is 1.91. The zero-order valence-electron chi connectivity index (χ0n) is 14.0. The summed E-state index contributed by atoms with van der Waals surface area (Å²) in [6.45, 7) is 3.71. The van der Waals surface area contributed by atoms with Gasteiger partial charge in [-0.1, -0.05) is 42.1 Å². The first-order valence-corrected chi connectivity index (χ1v) is 9.70. The third kappa shape index (κ3) is 3.58. The Bertz CT molecular complexity index is 788. The molecule has 0 radical (unpaired) electrons. The predicted molar refractivity (Wildman–Crippen MR) is 98.5 cm³/mol. The fourth-order valence-electron chi connectivity index (χ4n) is 3.24. The van der Waals surface area contributed by atoms with Gasteiger partial charge in [0.25, 0.3) is 5.56 Å². The van der Waals surface area contributed by atoms with Crippen molar-refractivity contribution in [1.29, 1.82) is 0 Å². The number of nitrogens with one attached hydrogen (secondary N) is 2. The number of aromatic nitrogens is 2. The van der Waals surface area contributed by atoms with Gasteiger partial charge in [0.15, 0.2) is 5.16 Å². The molecule has 2 aliphatic rings. The summed E-state index contributed by atoms with van der Waals surface area (Å²) in [5, 5.41) is 7.52. The van der Waals surface area contributed by atoms with Crippen LogP contribution in [0.25, 0.3) is 0 Å². The van der Waals surface area contributed by atoms with Crippen LogP contribution in [0.1, 0.15) is 17.2 Å². The van der Waals surface area contributed by atoms with Gasteiger partial charge in [-0.15, -0.1) is 0 Å². The van der Waals surface area contributed by atoms with Crippen LogP contribution >= 0.6 is 11.8 Å². The molecule has 132 valence electrons. The fraction of sp³-hybridized carbons (Fsp3) is 0.444. The van der Waals surface area contributed by atoms with E-state index >= 15 is 0 Å². The Hall–Kier alpha value is -1.83. The Morgan fingerprint density at radius 3 is 2.96 bits per heavy atom. The number of nitrogens with zero attached hydrogens (tertiary/aromatic N) is 2. The zero-order chi connectivity index (χ0) is 17.1. The van der Waals surface area contributed by atoms with Gasteiger partial charge in [-0.2, -0.15) is 4.98 Å². The second kappa shape index (κ2) is 7.59. The van der Waals surface area contributed by atoms with Crippen LogP contribution in [0.5, 0.6) is 5.88 Å². The van der Waals surface area contributed by atoms with E-state index in [1.807, 2.05) is 18.2 Å². The third-order valence-corrected chi connectivity index (χ3v) is 5.50. The lowest BCUT2D eigenvalue weighted by molar-refractivity contribution is 0.290. The Morgan fingerprint density at radius 1 is 1.28 bits per heavy atom. The fourth-order valence-corrected chi connectivity index (χ4v) is 4.18. The third-order valence-electron chi connectivity index (χ3n) is 4.54. The minimum absolute atomic E-state index is 0.0333.